The van der Waals surface area contributed by atoms with Gasteiger partial charge in [0.1, 0.15) is 40.1 Å². The van der Waals surface area contributed by atoms with Gasteiger partial charge in [0, 0.05) is 18.8 Å². The van der Waals surface area contributed by atoms with Gasteiger partial charge < -0.3 is 43.7 Å². The van der Waals surface area contributed by atoms with Crippen LogP contribution < -0.4 is 24.0 Å². The quantitative estimate of drug-likeness (QED) is 0.0525. The molecule has 8 rings (SSSR count). The van der Waals surface area contributed by atoms with E-state index in [4.69, 9.17) is 18.6 Å². The third-order valence-electron chi connectivity index (χ3n) is 11.2. The Balaban J connectivity index is 0.000000199. The van der Waals surface area contributed by atoms with Crippen LogP contribution in [0.15, 0.2) is 150 Å². The number of carbonyl (C=O) groups excluding carboxylic acids is 1. The number of para-hydroxylation sites is 2. The number of phenols is 1. The van der Waals surface area contributed by atoms with Gasteiger partial charge in [0.05, 0.1) is 31.8 Å². The number of ether oxygens (including phenoxy) is 3. The molecule has 1 saturated heterocycles. The van der Waals surface area contributed by atoms with E-state index >= 15 is 0 Å². The fourth-order valence-corrected chi connectivity index (χ4v) is 7.73. The number of aromatic nitrogens is 1. The Bertz CT molecular complexity index is 2630. The zero-order chi connectivity index (χ0) is 46.6. The van der Waals surface area contributed by atoms with Crippen LogP contribution in [-0.4, -0.2) is 58.5 Å². The predicted molar refractivity (Wildman–Crippen MR) is 246 cm³/mol. The second-order valence-electron chi connectivity index (χ2n) is 15.7. The number of β-lactam (4-membered cyclic amide) rings is 1. The molecule has 66 heavy (non-hydrogen) atoms. The van der Waals surface area contributed by atoms with E-state index in [0.29, 0.717) is 62.0 Å². The summed E-state index contributed by atoms with van der Waals surface area (Å²) >= 11 is 0. The monoisotopic (exact) mass is 899 g/mol. The number of oxazole rings is 1. The number of hydrogen-bond acceptors (Lipinski definition) is 10. The summed E-state index contributed by atoms with van der Waals surface area (Å²) in [4.78, 5) is 32.6. The highest BCUT2D eigenvalue weighted by atomic mass is 19.1. The minimum atomic E-state index is -0.979. The van der Waals surface area contributed by atoms with E-state index in [9.17, 15) is 33.7 Å². The number of halogens is 2. The van der Waals surface area contributed by atoms with E-state index < -0.39 is 18.2 Å². The smallest absolute Gasteiger partial charge is 0.344 e. The molecule has 12 nitrogen and oxygen atoms in total. The van der Waals surface area contributed by atoms with Crippen LogP contribution in [0.2, 0.25) is 0 Å². The number of aliphatic hydroxyl groups is 1. The molecule has 3 N–H and O–H groups in total. The van der Waals surface area contributed by atoms with E-state index in [1.54, 1.807) is 61.4 Å². The number of anilines is 2. The highest BCUT2D eigenvalue weighted by Crippen LogP contribution is 2.46. The minimum Gasteiger partial charge on any atom is -0.508 e. The fourth-order valence-electron chi connectivity index (χ4n) is 7.73. The average molecular weight is 900 g/mol. The molecular weight excluding hydrogens is 849 g/mol. The summed E-state index contributed by atoms with van der Waals surface area (Å²) in [6.45, 7) is 3.45. The summed E-state index contributed by atoms with van der Waals surface area (Å²) < 4.78 is 49.2. The van der Waals surface area contributed by atoms with Gasteiger partial charge in [-0.2, -0.15) is 4.98 Å². The van der Waals surface area contributed by atoms with Crippen molar-refractivity contribution in [3.63, 3.8) is 0 Å². The largest absolute Gasteiger partial charge is 0.508 e. The molecular formula is C52H51F2N3O9. The van der Waals surface area contributed by atoms with Crippen molar-refractivity contribution < 1.29 is 52.3 Å². The maximum Gasteiger partial charge on any atom is 0.344 e. The van der Waals surface area contributed by atoms with Gasteiger partial charge in [0.25, 0.3) is 6.01 Å². The lowest BCUT2D eigenvalue weighted by Crippen LogP contribution is -2.55. The lowest BCUT2D eigenvalue weighted by Gasteiger charge is -2.48. The fraction of sp³-hybridized carbons (Fsp3) is 0.250. The number of carboxylic acid groups (broad SMARTS) is 1. The first-order chi connectivity index (χ1) is 32.0. The molecule has 342 valence electrons. The van der Waals surface area contributed by atoms with Crippen molar-refractivity contribution >= 4 is 34.7 Å². The van der Waals surface area contributed by atoms with Crippen LogP contribution in [0.4, 0.5) is 20.5 Å². The van der Waals surface area contributed by atoms with Crippen molar-refractivity contribution in [2.75, 3.05) is 30.1 Å². The number of aromatic hydroxyl groups is 1. The second kappa shape index (κ2) is 22.0. The summed E-state index contributed by atoms with van der Waals surface area (Å²) in [7, 11) is 1.63. The van der Waals surface area contributed by atoms with E-state index in [0.717, 1.165) is 40.1 Å². The zero-order valence-electron chi connectivity index (χ0n) is 36.5. The number of methoxy groups -OCH3 is 1. The van der Waals surface area contributed by atoms with Crippen LogP contribution in [0.25, 0.3) is 11.1 Å². The molecule has 4 atom stereocenters. The van der Waals surface area contributed by atoms with E-state index in [2.05, 4.69) is 4.98 Å². The molecule has 14 heteroatoms. The molecule has 2 heterocycles. The Kier molecular flexibility index (Phi) is 15.5. The van der Waals surface area contributed by atoms with Gasteiger partial charge in [0.15, 0.2) is 11.7 Å². The Morgan fingerprint density at radius 1 is 0.848 bits per heavy atom. The molecule has 6 aromatic carbocycles. The maximum absolute atomic E-state index is 13.3. The van der Waals surface area contributed by atoms with Crippen LogP contribution in [0.1, 0.15) is 61.4 Å². The van der Waals surface area contributed by atoms with Gasteiger partial charge in [-0.15, -0.1) is 0 Å². The maximum atomic E-state index is 13.3. The Morgan fingerprint density at radius 2 is 1.53 bits per heavy atom. The third-order valence-corrected chi connectivity index (χ3v) is 11.2. The molecule has 1 aliphatic rings. The number of phenolic OH excluding ortho intramolecular Hbond substituents is 1. The number of amides is 1. The standard InChI is InChI=1S/C28H30N2O6.C24H21F2NO3/c1-3-25(27(31)32)35-23-9-6-8-20(18-23)19-30(28-29-24-10-4-5-11-26(24)36-28)16-7-17-34-22-14-12-21(33-2)13-15-22;25-17-5-1-15(2-6-17)22(29)14-13-21-23(16-3-11-20(28)12-4-16)27(24(21)30)19-9-7-18(26)8-10-19/h4-6,8-15,18,25H,3,7,16-17,19H2,1-2H3,(H,31,32);1-12,21-23,28-29H,13-14H2/t25-;21-,22+,23-/m11/s1. The van der Waals surface area contributed by atoms with Gasteiger partial charge in [-0.25, -0.2) is 13.6 Å². The lowest BCUT2D eigenvalue weighted by atomic mass is 9.78. The van der Waals surface area contributed by atoms with Crippen molar-refractivity contribution in [2.24, 2.45) is 5.92 Å². The van der Waals surface area contributed by atoms with Crippen LogP contribution >= 0.6 is 0 Å². The molecule has 7 aromatic rings. The predicted octanol–water partition coefficient (Wildman–Crippen LogP) is 10.4. The Morgan fingerprint density at radius 3 is 2.20 bits per heavy atom. The number of fused-ring (bicyclic) bond motifs is 1. The van der Waals surface area contributed by atoms with E-state index in [1.807, 2.05) is 71.6 Å². The van der Waals surface area contributed by atoms with Crippen LogP contribution in [0.5, 0.6) is 23.0 Å². The SMILES string of the molecule is CC[C@@H](Oc1cccc(CN(CCCOc2ccc(OC)cc2)c2nc3ccccc3o2)c1)C(=O)O.O=C1[C@H](CC[C@H](O)c2ccc(F)cc2)[C@@H](c2ccc(O)cc2)N1c1ccc(F)cc1. The number of nitrogens with zero attached hydrogens (tertiary/aromatic N) is 3. The van der Waals surface area contributed by atoms with Gasteiger partial charge in [0.2, 0.25) is 5.91 Å². The topological polar surface area (TPSA) is 155 Å². The summed E-state index contributed by atoms with van der Waals surface area (Å²) in [5.74, 6) is -0.00623. The van der Waals surface area contributed by atoms with Gasteiger partial charge >= 0.3 is 5.97 Å². The van der Waals surface area contributed by atoms with Crippen LogP contribution in [0.3, 0.4) is 0 Å². The van der Waals surface area contributed by atoms with Crippen molar-refractivity contribution in [1.29, 1.82) is 0 Å². The molecule has 1 aromatic heterocycles. The summed E-state index contributed by atoms with van der Waals surface area (Å²) in [6.07, 6.45) is 0.192. The first-order valence-corrected chi connectivity index (χ1v) is 21.7. The van der Waals surface area contributed by atoms with Gasteiger partial charge in [-0.05, 0) is 139 Å². The molecule has 1 amide bonds. The first kappa shape index (κ1) is 46.5. The summed E-state index contributed by atoms with van der Waals surface area (Å²) in [5.41, 5.74) is 4.49. The Hall–Kier alpha value is -7.45. The number of carbonyl (C=O) groups is 2. The number of benzene rings is 6. The molecule has 0 unspecified atom stereocenters. The summed E-state index contributed by atoms with van der Waals surface area (Å²) in [5, 5.41) is 29.4. The van der Waals surface area contributed by atoms with Crippen LogP contribution in [-0.2, 0) is 16.1 Å². The number of hydrogen-bond donors (Lipinski definition) is 3. The number of rotatable bonds is 19. The molecule has 0 bridgehead atoms. The highest BCUT2D eigenvalue weighted by molar-refractivity contribution is 6.03. The van der Waals surface area contributed by atoms with Gasteiger partial charge in [-0.1, -0.05) is 55.5 Å². The van der Waals surface area contributed by atoms with Crippen molar-refractivity contribution in [2.45, 2.75) is 57.4 Å². The van der Waals surface area contributed by atoms with E-state index in [1.165, 1.54) is 36.4 Å². The van der Waals surface area contributed by atoms with E-state index in [-0.39, 0.29) is 35.3 Å². The third kappa shape index (κ3) is 11.8. The van der Waals surface area contributed by atoms with Crippen LogP contribution in [0, 0.1) is 17.6 Å². The Labute approximate surface area is 381 Å². The lowest BCUT2D eigenvalue weighted by molar-refractivity contribution is -0.145. The number of carboxylic acids is 1. The first-order valence-electron chi connectivity index (χ1n) is 21.7. The molecule has 0 radical (unpaired) electrons. The molecule has 1 aliphatic heterocycles. The molecule has 0 aliphatic carbocycles. The normalized spacial score (nSPS) is 15.2. The zero-order valence-corrected chi connectivity index (χ0v) is 36.5. The molecule has 0 saturated carbocycles. The molecule has 0 spiro atoms. The second-order valence-corrected chi connectivity index (χ2v) is 15.7. The minimum absolute atomic E-state index is 0.106. The summed E-state index contributed by atoms with van der Waals surface area (Å²) in [6, 6.07) is 40.8. The molecule has 1 fully saturated rings. The van der Waals surface area contributed by atoms with Gasteiger partial charge in [-0.3, -0.25) is 4.79 Å². The average Bonchev–Trinajstić information content (AvgIpc) is 3.77. The number of aliphatic carboxylic acids is 1. The number of aliphatic hydroxyl groups excluding tert-OH is 1. The highest BCUT2D eigenvalue weighted by Gasteiger charge is 2.48. The van der Waals surface area contributed by atoms with Crippen molar-refractivity contribution in [1.82, 2.24) is 4.98 Å². The van der Waals surface area contributed by atoms with Crippen molar-refractivity contribution in [3.8, 4) is 23.0 Å². The van der Waals surface area contributed by atoms with Crippen molar-refractivity contribution in [3.05, 3.63) is 174 Å².